The second-order valence-corrected chi connectivity index (χ2v) is 15.6. The van der Waals surface area contributed by atoms with Crippen LogP contribution in [0.4, 0.5) is 0 Å². The lowest BCUT2D eigenvalue weighted by Gasteiger charge is -2.53. The third kappa shape index (κ3) is 4.75. The van der Waals surface area contributed by atoms with Gasteiger partial charge in [-0.2, -0.15) is 0 Å². The number of aliphatic hydroxyl groups is 3. The fraction of sp³-hybridized carbons (Fsp3) is 0.200. The average molecular weight is 815 g/mol. The number of fused-ring (bicyclic) bond motifs is 15. The minimum absolute atomic E-state index is 0.00846. The Hall–Kier alpha value is -7.20. The highest BCUT2D eigenvalue weighted by atomic mass is 16.7. The van der Waals surface area contributed by atoms with E-state index in [1.54, 1.807) is 12.1 Å². The Morgan fingerprint density at radius 1 is 0.450 bits per heavy atom. The monoisotopic (exact) mass is 814 g/mol. The molecule has 0 radical (unpaired) electrons. The van der Waals surface area contributed by atoms with Crippen molar-refractivity contribution in [2.75, 3.05) is 0 Å². The molecular weight excluding hydrogens is 780 g/mol. The lowest BCUT2D eigenvalue weighted by atomic mass is 9.70. The maximum absolute atomic E-state index is 12.7. The molecule has 0 unspecified atom stereocenters. The van der Waals surface area contributed by atoms with Crippen LogP contribution in [0.25, 0.3) is 0 Å². The average Bonchev–Trinajstić information content (AvgIpc) is 3.20. The molecule has 0 saturated carbocycles. The van der Waals surface area contributed by atoms with Crippen molar-refractivity contribution in [1.29, 1.82) is 0 Å². The van der Waals surface area contributed by atoms with E-state index >= 15 is 0 Å². The molecule has 15 heteroatoms. The first kappa shape index (κ1) is 35.9. The molecule has 6 aromatic rings. The van der Waals surface area contributed by atoms with Gasteiger partial charge in [0, 0.05) is 69.6 Å². The summed E-state index contributed by atoms with van der Waals surface area (Å²) in [6.45, 7) is 0. The van der Waals surface area contributed by atoms with E-state index in [9.17, 15) is 51.1 Å². The van der Waals surface area contributed by atoms with Gasteiger partial charge < -0.3 is 74.7 Å². The van der Waals surface area contributed by atoms with Crippen molar-refractivity contribution in [2.45, 2.75) is 54.2 Å². The Kier molecular flexibility index (Phi) is 7.29. The smallest absolute Gasteiger partial charge is 0.305 e. The molecule has 6 aromatic carbocycles. The molecular formula is C45H34O15. The summed E-state index contributed by atoms with van der Waals surface area (Å²) in [6, 6.07) is 22.2. The van der Waals surface area contributed by atoms with E-state index in [-0.39, 0.29) is 103 Å². The van der Waals surface area contributed by atoms with E-state index in [0.717, 1.165) is 6.07 Å². The number of benzene rings is 6. The first-order valence-electron chi connectivity index (χ1n) is 19.0. The Balaban J connectivity index is 1.19. The zero-order chi connectivity index (χ0) is 41.6. The van der Waals surface area contributed by atoms with Gasteiger partial charge in [-0.05, 0) is 66.2 Å². The highest BCUT2D eigenvalue weighted by Gasteiger charge is 2.64. The summed E-state index contributed by atoms with van der Waals surface area (Å²) in [5.41, 5.74) is 1.40. The number of aromatic hydroxyl groups is 7. The predicted molar refractivity (Wildman–Crippen MR) is 205 cm³/mol. The van der Waals surface area contributed by atoms with Crippen LogP contribution in [0.5, 0.6) is 69.0 Å². The summed E-state index contributed by atoms with van der Waals surface area (Å²) < 4.78 is 33.0. The van der Waals surface area contributed by atoms with E-state index in [1.807, 2.05) is 0 Å². The van der Waals surface area contributed by atoms with Crippen molar-refractivity contribution < 1.29 is 74.7 Å². The van der Waals surface area contributed by atoms with Crippen LogP contribution in [0.1, 0.15) is 62.4 Å². The van der Waals surface area contributed by atoms with Gasteiger partial charge in [0.05, 0.1) is 17.9 Å². The van der Waals surface area contributed by atoms with Crippen molar-refractivity contribution in [3.05, 3.63) is 142 Å². The molecule has 0 aromatic heterocycles. The number of hydrogen-bond donors (Lipinski definition) is 10. The molecule has 10 N–H and O–H groups in total. The number of hydrogen-bond acceptors (Lipinski definition) is 15. The summed E-state index contributed by atoms with van der Waals surface area (Å²) in [4.78, 5) is 0. The van der Waals surface area contributed by atoms with Gasteiger partial charge in [-0.25, -0.2) is 0 Å². The van der Waals surface area contributed by atoms with Gasteiger partial charge in [0.15, 0.2) is 0 Å². The highest BCUT2D eigenvalue weighted by molar-refractivity contribution is 5.73. The van der Waals surface area contributed by atoms with Crippen LogP contribution >= 0.6 is 0 Å². The van der Waals surface area contributed by atoms with Gasteiger partial charge in [0.1, 0.15) is 87.3 Å². The second kappa shape index (κ2) is 12.2. The SMILES string of the molecule is Oc1ccc([C@@H]2Oc3c(c(O)cc4c3[C@@H]3c5c(O)cc6c(c5O[C@](c5ccc(O)cc5)(O4)[C@H]3O)[C@@H]3c4c(O)cc(O)cc4O[C@](c4ccc(O)cc4)(O6)[C@H]3O)C[C@H]2O)cc1. The first-order chi connectivity index (χ1) is 28.8. The summed E-state index contributed by atoms with van der Waals surface area (Å²) in [7, 11) is 0. The molecule has 0 spiro atoms. The zero-order valence-electron chi connectivity index (χ0n) is 30.9. The molecule has 0 aliphatic carbocycles. The predicted octanol–water partition coefficient (Wildman–Crippen LogP) is 4.92. The normalized spacial score (nSPS) is 27.4. The van der Waals surface area contributed by atoms with Crippen LogP contribution in [0.2, 0.25) is 0 Å². The number of phenolic OH excluding ortho intramolecular Hbond substituents is 7. The Morgan fingerprint density at radius 3 is 1.50 bits per heavy atom. The van der Waals surface area contributed by atoms with Crippen LogP contribution in [-0.2, 0) is 18.0 Å². The van der Waals surface area contributed by atoms with Crippen molar-refractivity contribution in [3.63, 3.8) is 0 Å². The topological polar surface area (TPSA) is 248 Å². The Morgan fingerprint density at radius 2 is 0.917 bits per heavy atom. The van der Waals surface area contributed by atoms with Gasteiger partial charge in [-0.1, -0.05) is 12.1 Å². The molecule has 11 rings (SSSR count). The van der Waals surface area contributed by atoms with Gasteiger partial charge in [0.25, 0.3) is 0 Å². The minimum Gasteiger partial charge on any atom is -0.508 e. The third-order valence-electron chi connectivity index (χ3n) is 12.2. The molecule has 5 aliphatic heterocycles. The van der Waals surface area contributed by atoms with Crippen molar-refractivity contribution in [3.8, 4) is 69.0 Å². The molecule has 0 saturated heterocycles. The number of phenols is 7. The standard InChI is InChI=1S/C45H34O15/c46-21-7-1-18(2-8-21)39-29(53)15-25-26(50)16-31-35(40(25)56-39)38-34-28(52)17-32-36(41(34)60-45(59-31,43(38)55)20-5-11-23(48)12-6-20)37-33-27(51)13-24(49)14-30(33)57-44(58-32,42(37)54)19-3-9-22(47)10-4-19/h1-14,16-17,29,37-39,42-43,46-55H,15H2/t29-,37+,38+,39+,42+,43+,44-,45+/m1/s1. The Bertz CT molecular complexity index is 2770. The molecule has 0 amide bonds. The summed E-state index contributed by atoms with van der Waals surface area (Å²) in [6.07, 6.45) is -5.65. The lowest BCUT2D eigenvalue weighted by Crippen LogP contribution is -2.59. The third-order valence-corrected chi connectivity index (χ3v) is 12.2. The van der Waals surface area contributed by atoms with Crippen LogP contribution in [-0.4, -0.2) is 69.4 Å². The molecule has 4 bridgehead atoms. The number of aliphatic hydroxyl groups excluding tert-OH is 3. The Labute approximate surface area is 338 Å². The van der Waals surface area contributed by atoms with Crippen molar-refractivity contribution >= 4 is 0 Å². The van der Waals surface area contributed by atoms with E-state index in [0.29, 0.717) is 5.56 Å². The molecule has 5 aliphatic rings. The van der Waals surface area contributed by atoms with E-state index in [1.165, 1.54) is 78.9 Å². The van der Waals surface area contributed by atoms with Crippen LogP contribution < -0.4 is 23.7 Å². The van der Waals surface area contributed by atoms with Crippen molar-refractivity contribution in [1.82, 2.24) is 0 Å². The number of ether oxygens (including phenoxy) is 5. The number of rotatable bonds is 3. The summed E-state index contributed by atoms with van der Waals surface area (Å²) >= 11 is 0. The molecule has 304 valence electrons. The van der Waals surface area contributed by atoms with Crippen LogP contribution in [0, 0.1) is 0 Å². The zero-order valence-corrected chi connectivity index (χ0v) is 30.9. The maximum Gasteiger partial charge on any atom is 0.305 e. The van der Waals surface area contributed by atoms with Crippen LogP contribution in [0.3, 0.4) is 0 Å². The van der Waals surface area contributed by atoms with Gasteiger partial charge in [-0.3, -0.25) is 0 Å². The fourth-order valence-corrected chi connectivity index (χ4v) is 9.55. The molecule has 0 fully saturated rings. The van der Waals surface area contributed by atoms with Crippen molar-refractivity contribution in [2.24, 2.45) is 0 Å². The van der Waals surface area contributed by atoms with E-state index in [4.69, 9.17) is 23.7 Å². The van der Waals surface area contributed by atoms with E-state index in [2.05, 4.69) is 0 Å². The maximum atomic E-state index is 12.7. The second-order valence-electron chi connectivity index (χ2n) is 15.6. The lowest BCUT2D eigenvalue weighted by molar-refractivity contribution is -0.227. The van der Waals surface area contributed by atoms with Gasteiger partial charge >= 0.3 is 11.6 Å². The summed E-state index contributed by atoms with van der Waals surface area (Å²) in [5.74, 6) is -8.82. The van der Waals surface area contributed by atoms with Gasteiger partial charge in [-0.15, -0.1) is 0 Å². The molecule has 60 heavy (non-hydrogen) atoms. The van der Waals surface area contributed by atoms with Gasteiger partial charge in [0.2, 0.25) is 0 Å². The quantitative estimate of drug-likeness (QED) is 0.114. The van der Waals surface area contributed by atoms with E-state index < -0.39 is 59.3 Å². The van der Waals surface area contributed by atoms with Crippen LogP contribution in [0.15, 0.2) is 97.1 Å². The highest BCUT2D eigenvalue weighted by Crippen LogP contribution is 2.67. The largest absolute Gasteiger partial charge is 0.508 e. The molecule has 8 atom stereocenters. The molecule has 5 heterocycles. The fourth-order valence-electron chi connectivity index (χ4n) is 9.55. The first-order valence-corrected chi connectivity index (χ1v) is 19.0. The minimum atomic E-state index is -2.19. The molecule has 15 nitrogen and oxygen atoms in total. The summed E-state index contributed by atoms with van der Waals surface area (Å²) in [5, 5.41) is 113.